The normalized spacial score (nSPS) is 16.6. The minimum atomic E-state index is -3.52. The Balaban J connectivity index is 0.00000289. The second-order valence-corrected chi connectivity index (χ2v) is 10.0. The first-order chi connectivity index (χ1) is 14.9. The molecule has 0 bridgehead atoms. The quantitative estimate of drug-likeness (QED) is 0.654. The summed E-state index contributed by atoms with van der Waals surface area (Å²) in [7, 11) is -0.571. The molecule has 174 valence electrons. The van der Waals surface area contributed by atoms with Crippen molar-refractivity contribution in [1.82, 2.24) is 14.5 Å². The van der Waals surface area contributed by atoms with Gasteiger partial charge in [-0.2, -0.15) is 0 Å². The van der Waals surface area contributed by atoms with Crippen LogP contribution >= 0.6 is 12.4 Å². The fourth-order valence-corrected chi connectivity index (χ4v) is 4.81. The predicted octanol–water partition coefficient (Wildman–Crippen LogP) is 2.65. The number of halogens is 1. The highest BCUT2D eigenvalue weighted by Crippen LogP contribution is 2.36. The van der Waals surface area contributed by atoms with Gasteiger partial charge in [0.25, 0.3) is 5.91 Å². The first kappa shape index (κ1) is 24.3. The fraction of sp³-hybridized carbons (Fsp3) is 0.409. The van der Waals surface area contributed by atoms with Crippen molar-refractivity contribution in [3.05, 3.63) is 53.6 Å². The van der Waals surface area contributed by atoms with E-state index in [-0.39, 0.29) is 36.0 Å². The summed E-state index contributed by atoms with van der Waals surface area (Å²) in [4.78, 5) is 15.3. The topological polar surface area (TPSA) is 88.2 Å². The average molecular weight is 482 g/mol. The highest BCUT2D eigenvalue weighted by molar-refractivity contribution is 7.89. The summed E-state index contributed by atoms with van der Waals surface area (Å²) in [5.74, 6) is 1.23. The van der Waals surface area contributed by atoms with Gasteiger partial charge in [0.1, 0.15) is 0 Å². The molecule has 2 aliphatic rings. The summed E-state index contributed by atoms with van der Waals surface area (Å²) in [5, 5.41) is 3.01. The number of carbonyl (C=O) groups is 1. The number of fused-ring (bicyclic) bond motifs is 1. The molecule has 2 aromatic carbocycles. The van der Waals surface area contributed by atoms with Crippen molar-refractivity contribution in [3.63, 3.8) is 0 Å². The highest BCUT2D eigenvalue weighted by Gasteiger charge is 2.26. The molecule has 1 atom stereocenters. The largest absolute Gasteiger partial charge is 0.454 e. The first-order valence-electron chi connectivity index (χ1n) is 10.3. The number of amides is 1. The Morgan fingerprint density at radius 1 is 1.06 bits per heavy atom. The lowest BCUT2D eigenvalue weighted by Crippen LogP contribution is -2.36. The molecule has 1 fully saturated rings. The molecule has 0 saturated carbocycles. The van der Waals surface area contributed by atoms with Gasteiger partial charge in [0, 0.05) is 26.2 Å². The van der Waals surface area contributed by atoms with Crippen LogP contribution in [0.1, 0.15) is 34.8 Å². The molecule has 0 spiro atoms. The number of ether oxygens (including phenoxy) is 2. The summed E-state index contributed by atoms with van der Waals surface area (Å²) in [6.45, 7) is 2.62. The Morgan fingerprint density at radius 3 is 2.38 bits per heavy atom. The first-order valence-corrected chi connectivity index (χ1v) is 11.7. The Hall–Kier alpha value is -2.33. The van der Waals surface area contributed by atoms with Crippen LogP contribution < -0.4 is 14.8 Å². The van der Waals surface area contributed by atoms with E-state index >= 15 is 0 Å². The standard InChI is InChI=1S/C22H27N3O5S.ClH/c1-24(2)31(27,28)18-8-5-16(6-9-18)22(26)23-14-19(25-11-3-4-12-25)17-7-10-20-21(13-17)30-15-29-20;/h5-10,13,19H,3-4,11-12,14-15H2,1-2H3,(H,23,26);1H. The van der Waals surface area contributed by atoms with E-state index in [1.54, 1.807) is 0 Å². The van der Waals surface area contributed by atoms with Gasteiger partial charge in [-0.1, -0.05) is 6.07 Å². The Morgan fingerprint density at radius 2 is 1.72 bits per heavy atom. The number of sulfonamides is 1. The summed E-state index contributed by atoms with van der Waals surface area (Å²) in [6, 6.07) is 11.9. The second-order valence-electron chi connectivity index (χ2n) is 7.89. The van der Waals surface area contributed by atoms with Crippen molar-refractivity contribution in [2.45, 2.75) is 23.8 Å². The lowest BCUT2D eigenvalue weighted by Gasteiger charge is -2.28. The van der Waals surface area contributed by atoms with Crippen molar-refractivity contribution in [1.29, 1.82) is 0 Å². The molecular formula is C22H28ClN3O5S. The molecule has 10 heteroatoms. The molecule has 2 heterocycles. The monoisotopic (exact) mass is 481 g/mol. The van der Waals surface area contributed by atoms with Crippen LogP contribution in [0.15, 0.2) is 47.4 Å². The van der Waals surface area contributed by atoms with E-state index < -0.39 is 10.0 Å². The Kier molecular flexibility index (Phi) is 7.66. The van der Waals surface area contributed by atoms with Crippen LogP contribution in [0.3, 0.4) is 0 Å². The van der Waals surface area contributed by atoms with Gasteiger partial charge in [-0.15, -0.1) is 12.4 Å². The van der Waals surface area contributed by atoms with Crippen LogP contribution in [0.5, 0.6) is 11.5 Å². The van der Waals surface area contributed by atoms with Crippen molar-refractivity contribution < 1.29 is 22.7 Å². The van der Waals surface area contributed by atoms with Gasteiger partial charge >= 0.3 is 0 Å². The maximum atomic E-state index is 12.7. The van der Waals surface area contributed by atoms with Crippen LogP contribution in [0.2, 0.25) is 0 Å². The number of hydrogen-bond donors (Lipinski definition) is 1. The second kappa shape index (κ2) is 10.1. The molecule has 8 nitrogen and oxygen atoms in total. The molecule has 32 heavy (non-hydrogen) atoms. The molecule has 0 aliphatic carbocycles. The van der Waals surface area contributed by atoms with E-state index in [4.69, 9.17) is 9.47 Å². The van der Waals surface area contributed by atoms with Crippen LogP contribution in [0.25, 0.3) is 0 Å². The molecule has 2 aliphatic heterocycles. The number of rotatable bonds is 7. The average Bonchev–Trinajstić information content (AvgIpc) is 3.45. The molecule has 0 radical (unpaired) electrons. The predicted molar refractivity (Wildman–Crippen MR) is 123 cm³/mol. The molecule has 1 saturated heterocycles. The van der Waals surface area contributed by atoms with Crippen molar-refractivity contribution >= 4 is 28.3 Å². The highest BCUT2D eigenvalue weighted by atomic mass is 35.5. The smallest absolute Gasteiger partial charge is 0.251 e. The number of likely N-dealkylation sites (tertiary alicyclic amines) is 1. The molecule has 0 aromatic heterocycles. The van der Waals surface area contributed by atoms with Gasteiger partial charge in [-0.25, -0.2) is 12.7 Å². The third kappa shape index (κ3) is 5.01. The molecular weight excluding hydrogens is 454 g/mol. The summed E-state index contributed by atoms with van der Waals surface area (Å²) >= 11 is 0. The van der Waals surface area contributed by atoms with Gasteiger partial charge in [-0.05, 0) is 67.9 Å². The number of hydrogen-bond acceptors (Lipinski definition) is 6. The minimum absolute atomic E-state index is 0. The zero-order valence-electron chi connectivity index (χ0n) is 18.1. The van der Waals surface area contributed by atoms with Crippen molar-refractivity contribution in [2.75, 3.05) is 40.5 Å². The van der Waals surface area contributed by atoms with Gasteiger partial charge in [0.15, 0.2) is 11.5 Å². The zero-order valence-corrected chi connectivity index (χ0v) is 19.7. The van der Waals surface area contributed by atoms with Crippen molar-refractivity contribution in [2.24, 2.45) is 0 Å². The molecule has 2 aromatic rings. The third-order valence-corrected chi connectivity index (χ3v) is 7.54. The van der Waals surface area contributed by atoms with Crippen LogP contribution in [-0.4, -0.2) is 64.1 Å². The molecule has 1 unspecified atom stereocenters. The van der Waals surface area contributed by atoms with Gasteiger partial charge in [0.05, 0.1) is 10.9 Å². The number of carbonyl (C=O) groups excluding carboxylic acids is 1. The van der Waals surface area contributed by atoms with E-state index in [9.17, 15) is 13.2 Å². The maximum Gasteiger partial charge on any atom is 0.251 e. The Bertz CT molecular complexity index is 1050. The SMILES string of the molecule is CN(C)S(=O)(=O)c1ccc(C(=O)NCC(c2ccc3c(c2)OCO3)N2CCCC2)cc1.Cl. The molecule has 1 amide bonds. The number of benzene rings is 2. The summed E-state index contributed by atoms with van der Waals surface area (Å²) < 4.78 is 36.5. The van der Waals surface area contributed by atoms with Gasteiger partial charge in [0.2, 0.25) is 16.8 Å². The molecule has 4 rings (SSSR count). The summed E-state index contributed by atoms with van der Waals surface area (Å²) in [5.41, 5.74) is 1.49. The van der Waals surface area contributed by atoms with E-state index in [1.165, 1.54) is 38.4 Å². The van der Waals surface area contributed by atoms with Crippen LogP contribution in [0, 0.1) is 0 Å². The van der Waals surface area contributed by atoms with E-state index in [0.717, 1.165) is 47.3 Å². The Labute approximate surface area is 194 Å². The number of nitrogens with one attached hydrogen (secondary N) is 1. The van der Waals surface area contributed by atoms with Crippen molar-refractivity contribution in [3.8, 4) is 11.5 Å². The van der Waals surface area contributed by atoms with Gasteiger partial charge < -0.3 is 14.8 Å². The third-order valence-electron chi connectivity index (χ3n) is 5.71. The van der Waals surface area contributed by atoms with Gasteiger partial charge in [-0.3, -0.25) is 9.69 Å². The lowest BCUT2D eigenvalue weighted by atomic mass is 10.0. The van der Waals surface area contributed by atoms with Crippen LogP contribution in [0.4, 0.5) is 0 Å². The van der Waals surface area contributed by atoms with E-state index in [1.807, 2.05) is 18.2 Å². The maximum absolute atomic E-state index is 12.7. The zero-order chi connectivity index (χ0) is 22.0. The minimum Gasteiger partial charge on any atom is -0.454 e. The fourth-order valence-electron chi connectivity index (χ4n) is 3.91. The van der Waals surface area contributed by atoms with E-state index in [2.05, 4.69) is 10.2 Å². The van der Waals surface area contributed by atoms with E-state index in [0.29, 0.717) is 12.1 Å². The lowest BCUT2D eigenvalue weighted by molar-refractivity contribution is 0.0938. The molecule has 1 N–H and O–H groups in total. The summed E-state index contributed by atoms with van der Waals surface area (Å²) in [6.07, 6.45) is 2.27. The number of nitrogens with zero attached hydrogens (tertiary/aromatic N) is 2. The van der Waals surface area contributed by atoms with Crippen LogP contribution in [-0.2, 0) is 10.0 Å².